The van der Waals surface area contributed by atoms with Crippen molar-refractivity contribution in [3.05, 3.63) is 30.6 Å². The van der Waals surface area contributed by atoms with Gasteiger partial charge in [-0.1, -0.05) is 0 Å². The summed E-state index contributed by atoms with van der Waals surface area (Å²) in [5.41, 5.74) is 2.42. The number of anilines is 1. The van der Waals surface area contributed by atoms with E-state index in [-0.39, 0.29) is 6.23 Å². The third kappa shape index (κ3) is 5.08. The first-order valence-corrected chi connectivity index (χ1v) is 13.6. The summed E-state index contributed by atoms with van der Waals surface area (Å²) in [5, 5.41) is 5.47. The number of morpholine rings is 1. The SMILES string of the molecule is CS(=O)CCCOc1cc(N2CCOCC2)nc2c(-c3ccnn3C3CCCCO3)nccc12. The number of hydrogen-bond donors (Lipinski definition) is 0. The molecule has 5 rings (SSSR count). The van der Waals surface area contributed by atoms with Gasteiger partial charge < -0.3 is 19.1 Å². The molecule has 9 nitrogen and oxygen atoms in total. The fourth-order valence-corrected chi connectivity index (χ4v) is 4.99. The van der Waals surface area contributed by atoms with Crippen molar-refractivity contribution in [2.24, 2.45) is 0 Å². The van der Waals surface area contributed by atoms with E-state index in [1.807, 2.05) is 22.9 Å². The van der Waals surface area contributed by atoms with Crippen LogP contribution in [0.5, 0.6) is 5.75 Å². The average molecular weight is 486 g/mol. The normalized spacial score (nSPS) is 19.9. The van der Waals surface area contributed by atoms with Gasteiger partial charge in [0.05, 0.1) is 25.5 Å². The highest BCUT2D eigenvalue weighted by molar-refractivity contribution is 7.84. The zero-order valence-corrected chi connectivity index (χ0v) is 20.3. The lowest BCUT2D eigenvalue weighted by Gasteiger charge is -2.28. The predicted molar refractivity (Wildman–Crippen MR) is 132 cm³/mol. The molecule has 0 bridgehead atoms. The number of nitrogens with zero attached hydrogens (tertiary/aromatic N) is 5. The van der Waals surface area contributed by atoms with Crippen LogP contribution in [0.3, 0.4) is 0 Å². The third-order valence-electron chi connectivity index (χ3n) is 6.19. The van der Waals surface area contributed by atoms with Crippen LogP contribution in [-0.4, -0.2) is 75.5 Å². The van der Waals surface area contributed by atoms with Gasteiger partial charge in [0.25, 0.3) is 0 Å². The van der Waals surface area contributed by atoms with E-state index < -0.39 is 10.8 Å². The maximum Gasteiger partial charge on any atom is 0.150 e. The Morgan fingerprint density at radius 3 is 2.85 bits per heavy atom. The monoisotopic (exact) mass is 485 g/mol. The molecule has 0 aliphatic carbocycles. The molecule has 0 spiro atoms. The lowest BCUT2D eigenvalue weighted by atomic mass is 10.1. The minimum Gasteiger partial charge on any atom is -0.493 e. The summed E-state index contributed by atoms with van der Waals surface area (Å²) in [4.78, 5) is 12.0. The lowest BCUT2D eigenvalue weighted by Crippen LogP contribution is -2.36. The summed E-state index contributed by atoms with van der Waals surface area (Å²) in [6, 6.07) is 5.92. The molecular weight excluding hydrogens is 454 g/mol. The Balaban J connectivity index is 1.56. The van der Waals surface area contributed by atoms with Crippen LogP contribution in [0.25, 0.3) is 22.3 Å². The van der Waals surface area contributed by atoms with E-state index in [2.05, 4.69) is 10.00 Å². The van der Waals surface area contributed by atoms with Crippen molar-refractivity contribution in [1.29, 1.82) is 0 Å². The molecule has 0 radical (unpaired) electrons. The van der Waals surface area contributed by atoms with Gasteiger partial charge in [-0.2, -0.15) is 5.10 Å². The molecule has 0 N–H and O–H groups in total. The molecule has 2 aliphatic rings. The van der Waals surface area contributed by atoms with Crippen LogP contribution in [0.2, 0.25) is 0 Å². The maximum absolute atomic E-state index is 11.5. The van der Waals surface area contributed by atoms with Crippen molar-refractivity contribution in [3.8, 4) is 17.1 Å². The quantitative estimate of drug-likeness (QED) is 0.450. The van der Waals surface area contributed by atoms with Crippen molar-refractivity contribution >= 4 is 27.5 Å². The molecule has 182 valence electrons. The summed E-state index contributed by atoms with van der Waals surface area (Å²) < 4.78 is 31.2. The molecule has 3 aromatic heterocycles. The maximum atomic E-state index is 11.5. The van der Waals surface area contributed by atoms with Gasteiger partial charge in [0.15, 0.2) is 6.23 Å². The summed E-state index contributed by atoms with van der Waals surface area (Å²) in [6.07, 6.45) is 9.06. The van der Waals surface area contributed by atoms with Gasteiger partial charge in [-0.05, 0) is 37.8 Å². The van der Waals surface area contributed by atoms with E-state index in [0.717, 1.165) is 79.2 Å². The molecule has 2 atom stereocenters. The van der Waals surface area contributed by atoms with Crippen LogP contribution in [-0.2, 0) is 20.3 Å². The van der Waals surface area contributed by atoms with Crippen molar-refractivity contribution < 1.29 is 18.4 Å². The topological polar surface area (TPSA) is 91.6 Å². The Morgan fingerprint density at radius 2 is 2.06 bits per heavy atom. The van der Waals surface area contributed by atoms with Crippen LogP contribution < -0.4 is 9.64 Å². The molecular formula is C24H31N5O4S. The van der Waals surface area contributed by atoms with Gasteiger partial charge in [-0.25, -0.2) is 9.67 Å². The van der Waals surface area contributed by atoms with Crippen LogP contribution >= 0.6 is 0 Å². The molecule has 0 aromatic carbocycles. The standard InChI is InChI=1S/C24H31N5O4S/c1-34(30)16-4-13-32-20-17-21(28-10-14-31-15-11-28)27-23-18(20)6-8-25-24(23)19-7-9-26-29(19)22-5-2-3-12-33-22/h6-9,17,22H,2-5,10-16H2,1H3. The molecule has 2 unspecified atom stereocenters. The fraction of sp³-hybridized carbons (Fsp3) is 0.542. The second-order valence-electron chi connectivity index (χ2n) is 8.60. The second kappa shape index (κ2) is 10.8. The average Bonchev–Trinajstić information content (AvgIpc) is 3.37. The fourth-order valence-electron chi connectivity index (χ4n) is 4.46. The Kier molecular flexibility index (Phi) is 7.36. The minimum absolute atomic E-state index is 0.0936. The summed E-state index contributed by atoms with van der Waals surface area (Å²) in [7, 11) is -0.834. The highest BCUT2D eigenvalue weighted by atomic mass is 32.2. The second-order valence-corrected chi connectivity index (χ2v) is 10.1. The predicted octanol–water partition coefficient (Wildman–Crippen LogP) is 3.18. The molecule has 10 heteroatoms. The number of fused-ring (bicyclic) bond motifs is 1. The zero-order chi connectivity index (χ0) is 23.3. The van der Waals surface area contributed by atoms with E-state index in [4.69, 9.17) is 24.2 Å². The Bertz CT molecular complexity index is 1140. The molecule has 34 heavy (non-hydrogen) atoms. The Labute approximate surface area is 201 Å². The molecule has 5 heterocycles. The van der Waals surface area contributed by atoms with Crippen molar-refractivity contribution in [3.63, 3.8) is 0 Å². The summed E-state index contributed by atoms with van der Waals surface area (Å²) in [5.74, 6) is 2.23. The molecule has 2 saturated heterocycles. The van der Waals surface area contributed by atoms with Gasteiger partial charge in [-0.15, -0.1) is 0 Å². The van der Waals surface area contributed by atoms with E-state index in [0.29, 0.717) is 25.6 Å². The molecule has 2 aliphatic heterocycles. The van der Waals surface area contributed by atoms with Gasteiger partial charge in [-0.3, -0.25) is 9.19 Å². The largest absolute Gasteiger partial charge is 0.493 e. The third-order valence-corrected chi connectivity index (χ3v) is 7.05. The van der Waals surface area contributed by atoms with E-state index in [1.54, 1.807) is 18.6 Å². The molecule has 0 amide bonds. The van der Waals surface area contributed by atoms with Crippen molar-refractivity contribution in [1.82, 2.24) is 19.7 Å². The van der Waals surface area contributed by atoms with Crippen LogP contribution in [0.15, 0.2) is 30.6 Å². The lowest BCUT2D eigenvalue weighted by molar-refractivity contribution is -0.0383. The van der Waals surface area contributed by atoms with E-state index in [1.165, 1.54) is 0 Å². The van der Waals surface area contributed by atoms with E-state index >= 15 is 0 Å². The number of pyridine rings is 2. The summed E-state index contributed by atoms with van der Waals surface area (Å²) >= 11 is 0. The Morgan fingerprint density at radius 1 is 1.18 bits per heavy atom. The number of hydrogen-bond acceptors (Lipinski definition) is 8. The first-order valence-electron chi connectivity index (χ1n) is 11.9. The van der Waals surface area contributed by atoms with Gasteiger partial charge in [0.1, 0.15) is 22.8 Å². The highest BCUT2D eigenvalue weighted by Crippen LogP contribution is 2.36. The van der Waals surface area contributed by atoms with Crippen molar-refractivity contribution in [2.75, 3.05) is 56.4 Å². The smallest absolute Gasteiger partial charge is 0.150 e. The van der Waals surface area contributed by atoms with Crippen molar-refractivity contribution in [2.45, 2.75) is 31.9 Å². The number of aromatic nitrogens is 4. The molecule has 2 fully saturated rings. The zero-order valence-electron chi connectivity index (χ0n) is 19.5. The van der Waals surface area contributed by atoms with Gasteiger partial charge in [0, 0.05) is 66.4 Å². The number of ether oxygens (including phenoxy) is 3. The van der Waals surface area contributed by atoms with Crippen LogP contribution in [0, 0.1) is 0 Å². The molecule has 0 saturated carbocycles. The van der Waals surface area contributed by atoms with E-state index in [9.17, 15) is 4.21 Å². The van der Waals surface area contributed by atoms with Crippen LogP contribution in [0.4, 0.5) is 5.82 Å². The Hall–Kier alpha value is -2.56. The number of rotatable bonds is 8. The molecule has 3 aromatic rings. The first-order chi connectivity index (χ1) is 16.7. The summed E-state index contributed by atoms with van der Waals surface area (Å²) in [6.45, 7) is 4.12. The highest BCUT2D eigenvalue weighted by Gasteiger charge is 2.23. The van der Waals surface area contributed by atoms with Crippen LogP contribution in [0.1, 0.15) is 31.9 Å². The minimum atomic E-state index is -0.834. The van der Waals surface area contributed by atoms with Gasteiger partial charge >= 0.3 is 0 Å². The van der Waals surface area contributed by atoms with Gasteiger partial charge in [0.2, 0.25) is 0 Å². The first kappa shape index (κ1) is 23.2.